The number of aliphatic hydroxyl groups is 1. The van der Waals surface area contributed by atoms with Crippen LogP contribution in [0.2, 0.25) is 10.0 Å². The van der Waals surface area contributed by atoms with E-state index in [0.29, 0.717) is 34.2 Å². The molecule has 1 unspecified atom stereocenters. The van der Waals surface area contributed by atoms with E-state index in [9.17, 15) is 5.11 Å². The zero-order chi connectivity index (χ0) is 14.5. The van der Waals surface area contributed by atoms with Crippen LogP contribution in [0.15, 0.2) is 23.2 Å². The second-order valence-corrected chi connectivity index (χ2v) is 5.82. The SMILES string of the molecule is CN=C(NCC(O)c1cc(Cl)cc(Cl)c1)NC1CCC1. The number of rotatable bonds is 4. The smallest absolute Gasteiger partial charge is 0.191 e. The zero-order valence-corrected chi connectivity index (χ0v) is 12.9. The number of hydrogen-bond acceptors (Lipinski definition) is 2. The van der Waals surface area contributed by atoms with Gasteiger partial charge in [-0.3, -0.25) is 4.99 Å². The Hall–Kier alpha value is -0.970. The van der Waals surface area contributed by atoms with Crippen LogP contribution in [-0.4, -0.2) is 30.7 Å². The summed E-state index contributed by atoms with van der Waals surface area (Å²) in [7, 11) is 1.72. The molecule has 0 saturated heterocycles. The van der Waals surface area contributed by atoms with Gasteiger partial charge >= 0.3 is 0 Å². The van der Waals surface area contributed by atoms with Crippen molar-refractivity contribution >= 4 is 29.2 Å². The molecule has 1 aliphatic carbocycles. The lowest BCUT2D eigenvalue weighted by molar-refractivity contribution is 0.180. The molecule has 2 rings (SSSR count). The Morgan fingerprint density at radius 2 is 2.00 bits per heavy atom. The highest BCUT2D eigenvalue weighted by Crippen LogP contribution is 2.23. The van der Waals surface area contributed by atoms with Gasteiger partial charge < -0.3 is 15.7 Å². The Kier molecular flexibility index (Phi) is 5.52. The monoisotopic (exact) mass is 315 g/mol. The number of nitrogens with one attached hydrogen (secondary N) is 2. The molecule has 0 spiro atoms. The van der Waals surface area contributed by atoms with Gasteiger partial charge in [0, 0.05) is 29.7 Å². The molecule has 0 aromatic heterocycles. The van der Waals surface area contributed by atoms with Crippen LogP contribution in [0.5, 0.6) is 0 Å². The van der Waals surface area contributed by atoms with E-state index >= 15 is 0 Å². The standard InChI is InChI=1S/C14H19Cl2N3O/c1-17-14(19-12-3-2-4-12)18-8-13(20)9-5-10(15)7-11(16)6-9/h5-7,12-13,20H,2-4,8H2,1H3,(H2,17,18,19). The van der Waals surface area contributed by atoms with Crippen LogP contribution >= 0.6 is 23.2 Å². The molecule has 1 saturated carbocycles. The average Bonchev–Trinajstić information content (AvgIpc) is 2.35. The third-order valence-corrected chi connectivity index (χ3v) is 3.84. The summed E-state index contributed by atoms with van der Waals surface area (Å²) in [6, 6.07) is 5.56. The van der Waals surface area contributed by atoms with E-state index in [1.165, 1.54) is 19.3 Å². The van der Waals surface area contributed by atoms with Gasteiger partial charge in [0.15, 0.2) is 5.96 Å². The van der Waals surface area contributed by atoms with Gasteiger partial charge in [-0.15, -0.1) is 0 Å². The average molecular weight is 316 g/mol. The summed E-state index contributed by atoms with van der Waals surface area (Å²) in [6.45, 7) is 0.350. The van der Waals surface area contributed by atoms with Gasteiger partial charge in [-0.25, -0.2) is 0 Å². The van der Waals surface area contributed by atoms with Crippen molar-refractivity contribution in [3.63, 3.8) is 0 Å². The minimum Gasteiger partial charge on any atom is -0.387 e. The maximum absolute atomic E-state index is 10.2. The summed E-state index contributed by atoms with van der Waals surface area (Å²) in [5.41, 5.74) is 0.689. The van der Waals surface area contributed by atoms with E-state index in [4.69, 9.17) is 23.2 Å². The Morgan fingerprint density at radius 3 is 2.50 bits per heavy atom. The van der Waals surface area contributed by atoms with Crippen molar-refractivity contribution in [3.8, 4) is 0 Å². The van der Waals surface area contributed by atoms with Crippen LogP contribution in [0.3, 0.4) is 0 Å². The van der Waals surface area contributed by atoms with E-state index in [1.807, 2.05) is 0 Å². The van der Waals surface area contributed by atoms with Crippen molar-refractivity contribution in [3.05, 3.63) is 33.8 Å². The maximum Gasteiger partial charge on any atom is 0.191 e. The van der Waals surface area contributed by atoms with E-state index < -0.39 is 6.10 Å². The molecule has 1 fully saturated rings. The highest BCUT2D eigenvalue weighted by Gasteiger charge is 2.18. The molecule has 1 aromatic rings. The topological polar surface area (TPSA) is 56.7 Å². The van der Waals surface area contributed by atoms with E-state index in [2.05, 4.69) is 15.6 Å². The summed E-state index contributed by atoms with van der Waals surface area (Å²) < 4.78 is 0. The van der Waals surface area contributed by atoms with Gasteiger partial charge in [0.25, 0.3) is 0 Å². The number of nitrogens with zero attached hydrogens (tertiary/aromatic N) is 1. The van der Waals surface area contributed by atoms with Crippen LogP contribution in [-0.2, 0) is 0 Å². The lowest BCUT2D eigenvalue weighted by Gasteiger charge is -2.28. The Bertz CT molecular complexity index is 469. The molecular formula is C14H19Cl2N3O. The fourth-order valence-electron chi connectivity index (χ4n) is 2.02. The van der Waals surface area contributed by atoms with Gasteiger partial charge in [0.05, 0.1) is 6.10 Å². The summed E-state index contributed by atoms with van der Waals surface area (Å²) in [5.74, 6) is 0.710. The molecule has 1 atom stereocenters. The summed E-state index contributed by atoms with van der Waals surface area (Å²) >= 11 is 11.9. The Balaban J connectivity index is 1.88. The quantitative estimate of drug-likeness (QED) is 0.591. The first-order valence-electron chi connectivity index (χ1n) is 6.69. The molecule has 0 amide bonds. The summed E-state index contributed by atoms with van der Waals surface area (Å²) in [5, 5.41) is 17.6. The third-order valence-electron chi connectivity index (χ3n) is 3.40. The van der Waals surface area contributed by atoms with Crippen molar-refractivity contribution in [2.75, 3.05) is 13.6 Å². The number of halogens is 2. The van der Waals surface area contributed by atoms with Crippen LogP contribution in [0, 0.1) is 0 Å². The summed E-state index contributed by atoms with van der Waals surface area (Å²) in [4.78, 5) is 4.14. The molecule has 0 bridgehead atoms. The highest BCUT2D eigenvalue weighted by molar-refractivity contribution is 6.34. The predicted octanol–water partition coefficient (Wildman–Crippen LogP) is 2.74. The van der Waals surface area contributed by atoms with Crippen LogP contribution in [0.1, 0.15) is 30.9 Å². The third kappa shape index (κ3) is 4.27. The zero-order valence-electron chi connectivity index (χ0n) is 11.4. The molecule has 110 valence electrons. The van der Waals surface area contributed by atoms with Crippen molar-refractivity contribution in [1.82, 2.24) is 10.6 Å². The molecule has 0 radical (unpaired) electrons. The fourth-order valence-corrected chi connectivity index (χ4v) is 2.56. The van der Waals surface area contributed by atoms with Crippen molar-refractivity contribution in [2.45, 2.75) is 31.4 Å². The number of guanidine groups is 1. The van der Waals surface area contributed by atoms with Gasteiger partial charge in [0.1, 0.15) is 0 Å². The lowest BCUT2D eigenvalue weighted by atomic mass is 9.93. The first kappa shape index (κ1) is 15.4. The van der Waals surface area contributed by atoms with Crippen LogP contribution in [0.25, 0.3) is 0 Å². The molecule has 6 heteroatoms. The van der Waals surface area contributed by atoms with E-state index in [-0.39, 0.29) is 0 Å². The molecule has 20 heavy (non-hydrogen) atoms. The Morgan fingerprint density at radius 1 is 1.35 bits per heavy atom. The molecular weight excluding hydrogens is 297 g/mol. The minimum absolute atomic E-state index is 0.350. The van der Waals surface area contributed by atoms with Crippen molar-refractivity contribution in [1.29, 1.82) is 0 Å². The Labute approximate surface area is 129 Å². The molecule has 1 aliphatic rings. The normalized spacial score (nSPS) is 17.5. The molecule has 0 heterocycles. The predicted molar refractivity (Wildman–Crippen MR) is 83.6 cm³/mol. The molecule has 3 N–H and O–H groups in total. The van der Waals surface area contributed by atoms with E-state index in [0.717, 1.165) is 0 Å². The summed E-state index contributed by atoms with van der Waals surface area (Å²) in [6.07, 6.45) is 2.92. The van der Waals surface area contributed by atoms with Crippen LogP contribution < -0.4 is 10.6 Å². The lowest BCUT2D eigenvalue weighted by Crippen LogP contribution is -2.47. The molecule has 0 aliphatic heterocycles. The van der Waals surface area contributed by atoms with Gasteiger partial charge in [-0.05, 0) is 43.0 Å². The highest BCUT2D eigenvalue weighted by atomic mass is 35.5. The minimum atomic E-state index is -0.689. The van der Waals surface area contributed by atoms with Gasteiger partial charge in [-0.2, -0.15) is 0 Å². The maximum atomic E-state index is 10.2. The van der Waals surface area contributed by atoms with Crippen LogP contribution in [0.4, 0.5) is 0 Å². The number of benzene rings is 1. The van der Waals surface area contributed by atoms with Crippen molar-refractivity contribution in [2.24, 2.45) is 4.99 Å². The number of aliphatic hydroxyl groups excluding tert-OH is 1. The molecule has 1 aromatic carbocycles. The largest absolute Gasteiger partial charge is 0.387 e. The fraction of sp³-hybridized carbons (Fsp3) is 0.500. The second kappa shape index (κ2) is 7.16. The van der Waals surface area contributed by atoms with Gasteiger partial charge in [0.2, 0.25) is 0 Å². The van der Waals surface area contributed by atoms with E-state index in [1.54, 1.807) is 25.2 Å². The number of aliphatic imine (C=N–C) groups is 1. The van der Waals surface area contributed by atoms with Gasteiger partial charge in [-0.1, -0.05) is 23.2 Å². The van der Waals surface area contributed by atoms with Crippen molar-refractivity contribution < 1.29 is 5.11 Å². The second-order valence-electron chi connectivity index (χ2n) is 4.94. The number of hydrogen-bond donors (Lipinski definition) is 3. The first-order chi connectivity index (χ1) is 9.58. The molecule has 4 nitrogen and oxygen atoms in total. The first-order valence-corrected chi connectivity index (χ1v) is 7.45.